The first-order valence-electron chi connectivity index (χ1n) is 4.67. The molecule has 0 aliphatic rings. The summed E-state index contributed by atoms with van der Waals surface area (Å²) in [6.45, 7) is 2.54. The average molecular weight is 226 g/mol. The second-order valence-electron chi connectivity index (χ2n) is 3.47. The highest BCUT2D eigenvalue weighted by Gasteiger charge is 2.05. The van der Waals surface area contributed by atoms with Gasteiger partial charge in [0.1, 0.15) is 5.69 Å². The van der Waals surface area contributed by atoms with Crippen LogP contribution in [-0.4, -0.2) is 24.8 Å². The molecular weight excluding hydrogens is 214 g/mol. The monoisotopic (exact) mass is 225 g/mol. The van der Waals surface area contributed by atoms with E-state index in [1.165, 1.54) is 0 Å². The predicted molar refractivity (Wildman–Crippen MR) is 56.6 cm³/mol. The molecule has 5 nitrogen and oxygen atoms in total. The third-order valence-corrected chi connectivity index (χ3v) is 2.34. The first-order valence-corrected chi connectivity index (χ1v) is 5.10. The Hall–Kier alpha value is -1.36. The molecule has 0 spiro atoms. The van der Waals surface area contributed by atoms with E-state index in [0.717, 1.165) is 11.3 Å². The smallest absolute Gasteiger partial charge is 0.104 e. The first kappa shape index (κ1) is 10.2. The molecule has 0 aliphatic heterocycles. The molecule has 0 fully saturated rings. The Bertz CT molecular complexity index is 445. The third-order valence-electron chi connectivity index (χ3n) is 2.09. The molecular formula is C9H12ClN5. The van der Waals surface area contributed by atoms with Crippen LogP contribution < -0.4 is 0 Å². The highest BCUT2D eigenvalue weighted by Crippen LogP contribution is 2.17. The molecule has 1 atom stereocenters. The molecule has 0 amide bonds. The molecule has 0 aromatic carbocycles. The van der Waals surface area contributed by atoms with Gasteiger partial charge in [0.05, 0.1) is 18.1 Å². The highest BCUT2D eigenvalue weighted by atomic mass is 35.5. The standard InChI is InChI=1S/C9H12ClN5/c1-7(10)8-3-11-15(4-8)6-9-5-14(2)13-12-9/h3-5,7H,6H2,1-2H3. The van der Waals surface area contributed by atoms with Crippen LogP contribution in [0.3, 0.4) is 0 Å². The minimum atomic E-state index is -0.0133. The molecule has 0 saturated carbocycles. The lowest BCUT2D eigenvalue weighted by Gasteiger charge is -1.97. The van der Waals surface area contributed by atoms with Crippen LogP contribution in [0.5, 0.6) is 0 Å². The van der Waals surface area contributed by atoms with E-state index in [1.54, 1.807) is 15.6 Å². The van der Waals surface area contributed by atoms with E-state index in [9.17, 15) is 0 Å². The van der Waals surface area contributed by atoms with Crippen LogP contribution >= 0.6 is 11.6 Å². The van der Waals surface area contributed by atoms with Gasteiger partial charge in [-0.1, -0.05) is 5.21 Å². The Kier molecular flexibility index (Phi) is 2.73. The molecule has 80 valence electrons. The van der Waals surface area contributed by atoms with E-state index in [-0.39, 0.29) is 5.38 Å². The molecule has 0 aliphatic carbocycles. The van der Waals surface area contributed by atoms with Crippen molar-refractivity contribution in [3.63, 3.8) is 0 Å². The average Bonchev–Trinajstić information content (AvgIpc) is 2.76. The van der Waals surface area contributed by atoms with Gasteiger partial charge in [-0.25, -0.2) is 0 Å². The zero-order chi connectivity index (χ0) is 10.8. The van der Waals surface area contributed by atoms with E-state index in [0.29, 0.717) is 6.54 Å². The van der Waals surface area contributed by atoms with Gasteiger partial charge in [0.25, 0.3) is 0 Å². The lowest BCUT2D eigenvalue weighted by Crippen LogP contribution is -2.00. The van der Waals surface area contributed by atoms with Crippen LogP contribution in [0.25, 0.3) is 0 Å². The number of aromatic nitrogens is 5. The van der Waals surface area contributed by atoms with Crippen molar-refractivity contribution in [1.29, 1.82) is 0 Å². The van der Waals surface area contributed by atoms with Crippen molar-refractivity contribution in [2.45, 2.75) is 18.8 Å². The minimum absolute atomic E-state index is 0.0133. The summed E-state index contributed by atoms with van der Waals surface area (Å²) in [6.07, 6.45) is 5.56. The second kappa shape index (κ2) is 4.02. The zero-order valence-corrected chi connectivity index (χ0v) is 9.39. The topological polar surface area (TPSA) is 48.5 Å². The van der Waals surface area contributed by atoms with Crippen molar-refractivity contribution in [3.8, 4) is 0 Å². The number of hydrogen-bond donors (Lipinski definition) is 0. The van der Waals surface area contributed by atoms with Gasteiger partial charge in [0, 0.05) is 25.0 Å². The quantitative estimate of drug-likeness (QED) is 0.742. The third kappa shape index (κ3) is 2.36. The number of alkyl halides is 1. The van der Waals surface area contributed by atoms with Crippen molar-refractivity contribution >= 4 is 11.6 Å². The Morgan fingerprint density at radius 3 is 2.80 bits per heavy atom. The molecule has 0 N–H and O–H groups in total. The minimum Gasteiger partial charge on any atom is -0.266 e. The van der Waals surface area contributed by atoms with Gasteiger partial charge in [-0.15, -0.1) is 16.7 Å². The fourth-order valence-electron chi connectivity index (χ4n) is 1.31. The van der Waals surface area contributed by atoms with Gasteiger partial charge < -0.3 is 0 Å². The summed E-state index contributed by atoms with van der Waals surface area (Å²) in [4.78, 5) is 0. The van der Waals surface area contributed by atoms with Crippen molar-refractivity contribution in [2.24, 2.45) is 7.05 Å². The summed E-state index contributed by atoms with van der Waals surface area (Å²) in [5, 5.41) is 12.0. The lowest BCUT2D eigenvalue weighted by atomic mass is 10.3. The zero-order valence-electron chi connectivity index (χ0n) is 8.63. The summed E-state index contributed by atoms with van der Waals surface area (Å²) >= 11 is 5.94. The number of nitrogens with zero attached hydrogens (tertiary/aromatic N) is 5. The summed E-state index contributed by atoms with van der Waals surface area (Å²) in [5.41, 5.74) is 1.90. The van der Waals surface area contributed by atoms with Gasteiger partial charge in [0.2, 0.25) is 0 Å². The summed E-state index contributed by atoms with van der Waals surface area (Å²) < 4.78 is 3.47. The number of aryl methyl sites for hydroxylation is 1. The maximum absolute atomic E-state index is 5.94. The van der Waals surface area contributed by atoms with Crippen LogP contribution in [0.15, 0.2) is 18.6 Å². The molecule has 1 unspecified atom stereocenters. The predicted octanol–water partition coefficient (Wildman–Crippen LogP) is 1.36. The van der Waals surface area contributed by atoms with Crippen LogP contribution in [0.4, 0.5) is 0 Å². The molecule has 2 aromatic rings. The Morgan fingerprint density at radius 1 is 1.47 bits per heavy atom. The Morgan fingerprint density at radius 2 is 2.27 bits per heavy atom. The maximum atomic E-state index is 5.94. The van der Waals surface area contributed by atoms with Crippen molar-refractivity contribution in [1.82, 2.24) is 24.8 Å². The molecule has 6 heteroatoms. The maximum Gasteiger partial charge on any atom is 0.104 e. The largest absolute Gasteiger partial charge is 0.266 e. The Labute approximate surface area is 92.7 Å². The van der Waals surface area contributed by atoms with Gasteiger partial charge in [-0.3, -0.25) is 9.36 Å². The van der Waals surface area contributed by atoms with Gasteiger partial charge in [0.15, 0.2) is 0 Å². The molecule has 0 saturated heterocycles. The highest BCUT2D eigenvalue weighted by molar-refractivity contribution is 6.20. The van der Waals surface area contributed by atoms with Crippen LogP contribution in [-0.2, 0) is 13.6 Å². The van der Waals surface area contributed by atoms with E-state index in [4.69, 9.17) is 11.6 Å². The summed E-state index contributed by atoms with van der Waals surface area (Å²) in [7, 11) is 1.84. The van der Waals surface area contributed by atoms with Crippen LogP contribution in [0.1, 0.15) is 23.6 Å². The van der Waals surface area contributed by atoms with Crippen LogP contribution in [0, 0.1) is 0 Å². The van der Waals surface area contributed by atoms with Gasteiger partial charge >= 0.3 is 0 Å². The fourth-order valence-corrected chi connectivity index (χ4v) is 1.42. The van der Waals surface area contributed by atoms with Crippen molar-refractivity contribution in [3.05, 3.63) is 29.8 Å². The number of hydrogen-bond acceptors (Lipinski definition) is 3. The van der Waals surface area contributed by atoms with Crippen LogP contribution in [0.2, 0.25) is 0 Å². The van der Waals surface area contributed by atoms with Crippen molar-refractivity contribution in [2.75, 3.05) is 0 Å². The van der Waals surface area contributed by atoms with E-state index >= 15 is 0 Å². The molecule has 2 heterocycles. The van der Waals surface area contributed by atoms with E-state index in [2.05, 4.69) is 15.4 Å². The molecule has 2 aromatic heterocycles. The summed E-state index contributed by atoms with van der Waals surface area (Å²) in [5.74, 6) is 0. The van der Waals surface area contributed by atoms with E-state index < -0.39 is 0 Å². The number of rotatable bonds is 3. The van der Waals surface area contributed by atoms with Gasteiger partial charge in [-0.05, 0) is 6.92 Å². The second-order valence-corrected chi connectivity index (χ2v) is 4.13. The molecule has 0 radical (unpaired) electrons. The van der Waals surface area contributed by atoms with Crippen molar-refractivity contribution < 1.29 is 0 Å². The summed E-state index contributed by atoms with van der Waals surface area (Å²) in [6, 6.07) is 0. The molecule has 2 rings (SSSR count). The van der Waals surface area contributed by atoms with E-state index in [1.807, 2.05) is 26.4 Å². The fraction of sp³-hybridized carbons (Fsp3) is 0.444. The van der Waals surface area contributed by atoms with Gasteiger partial charge in [-0.2, -0.15) is 5.10 Å². The first-order chi connectivity index (χ1) is 7.15. The number of halogens is 1. The Balaban J connectivity index is 2.11. The molecule has 15 heavy (non-hydrogen) atoms. The molecule has 0 bridgehead atoms. The lowest BCUT2D eigenvalue weighted by molar-refractivity contribution is 0.667. The SMILES string of the molecule is CC(Cl)c1cnn(Cc2cn(C)nn2)c1. The normalized spacial score (nSPS) is 13.0.